The Bertz CT molecular complexity index is 570. The van der Waals surface area contributed by atoms with Crippen LogP contribution in [0.3, 0.4) is 0 Å². The van der Waals surface area contributed by atoms with Crippen LogP contribution >= 0.6 is 0 Å². The Morgan fingerprint density at radius 3 is 2.71 bits per heavy atom. The first-order chi connectivity index (χ1) is 6.59. The monoisotopic (exact) mass is 206 g/mol. The highest BCUT2D eigenvalue weighted by Gasteiger charge is 2.08. The molecule has 1 atom stereocenters. The average Bonchev–Trinajstić information content (AvgIpc) is 2.15. The molecule has 0 aliphatic rings. The van der Waals surface area contributed by atoms with Crippen LogP contribution < -0.4 is 0 Å². The second-order valence-corrected chi connectivity index (χ2v) is 5.30. The van der Waals surface area contributed by atoms with E-state index in [1.54, 1.807) is 18.3 Å². The molecule has 1 heterocycles. The molecule has 72 valence electrons. The number of hydrogen-bond acceptors (Lipinski definition) is 3. The summed E-state index contributed by atoms with van der Waals surface area (Å²) in [4.78, 5) is 4.66. The van der Waals surface area contributed by atoms with Gasteiger partial charge in [-0.1, -0.05) is 18.2 Å². The molecule has 0 radical (unpaired) electrons. The molecule has 2 rings (SSSR count). The van der Waals surface area contributed by atoms with E-state index in [9.17, 15) is 4.21 Å². The maximum atomic E-state index is 11.6. The molecular weight excluding hydrogens is 196 g/mol. The van der Waals surface area contributed by atoms with Crippen molar-refractivity contribution >= 4 is 20.6 Å². The largest absolute Gasteiger partial charge is 0.255 e. The Labute approximate surface area is 82.8 Å². The molecule has 3 nitrogen and oxygen atoms in total. The number of hydrogen-bond donors (Lipinski definition) is 1. The molecule has 2 aromatic rings. The number of rotatable bonds is 1. The summed E-state index contributed by atoms with van der Waals surface area (Å²) >= 11 is 0. The van der Waals surface area contributed by atoms with Crippen molar-refractivity contribution < 1.29 is 4.21 Å². The number of aromatic nitrogens is 1. The van der Waals surface area contributed by atoms with Gasteiger partial charge in [0, 0.05) is 17.8 Å². The summed E-state index contributed by atoms with van der Waals surface area (Å²) in [5.74, 6) is 0. The van der Waals surface area contributed by atoms with Crippen molar-refractivity contribution in [2.45, 2.75) is 4.90 Å². The average molecular weight is 206 g/mol. The maximum Gasteiger partial charge on any atom is 0.0871 e. The normalized spacial score (nSPS) is 15.2. The highest BCUT2D eigenvalue weighted by atomic mass is 32.2. The number of pyridine rings is 1. The zero-order chi connectivity index (χ0) is 10.2. The summed E-state index contributed by atoms with van der Waals surface area (Å²) < 4.78 is 19.2. The topological polar surface area (TPSA) is 53.8 Å². The van der Waals surface area contributed by atoms with Crippen LogP contribution in [0.1, 0.15) is 0 Å². The fraction of sp³-hybridized carbons (Fsp3) is 0.100. The highest BCUT2D eigenvalue weighted by Crippen LogP contribution is 2.20. The van der Waals surface area contributed by atoms with Crippen molar-refractivity contribution in [1.29, 1.82) is 4.78 Å². The summed E-state index contributed by atoms with van der Waals surface area (Å²) in [6.07, 6.45) is 3.06. The summed E-state index contributed by atoms with van der Waals surface area (Å²) in [5, 5.41) is 0.923. The first-order valence-electron chi connectivity index (χ1n) is 4.16. The Morgan fingerprint density at radius 2 is 2.00 bits per heavy atom. The number of benzene rings is 1. The molecule has 0 aliphatic heterocycles. The van der Waals surface area contributed by atoms with E-state index in [4.69, 9.17) is 4.78 Å². The van der Waals surface area contributed by atoms with Gasteiger partial charge in [0.05, 0.1) is 20.1 Å². The van der Waals surface area contributed by atoms with Gasteiger partial charge in [0.15, 0.2) is 0 Å². The van der Waals surface area contributed by atoms with E-state index < -0.39 is 9.73 Å². The molecule has 0 saturated carbocycles. The molecular formula is C10H10N2OS. The van der Waals surface area contributed by atoms with E-state index in [-0.39, 0.29) is 0 Å². The van der Waals surface area contributed by atoms with Gasteiger partial charge in [-0.15, -0.1) is 0 Å². The first kappa shape index (κ1) is 9.15. The Kier molecular flexibility index (Phi) is 2.00. The van der Waals surface area contributed by atoms with E-state index in [2.05, 4.69) is 4.98 Å². The maximum absolute atomic E-state index is 11.6. The standard InChI is InChI=1S/C10H10N2OS/c1-14(11,13)9-6-2-4-8-5-3-7-12-10(8)9/h2-7,11H,1H3/t14-/m1/s1. The van der Waals surface area contributed by atoms with Crippen LogP contribution in [0.2, 0.25) is 0 Å². The lowest BCUT2D eigenvalue weighted by atomic mass is 10.2. The molecule has 4 heteroatoms. The van der Waals surface area contributed by atoms with Gasteiger partial charge in [-0.05, 0) is 12.1 Å². The van der Waals surface area contributed by atoms with E-state index >= 15 is 0 Å². The van der Waals surface area contributed by atoms with Crippen LogP contribution in [-0.4, -0.2) is 15.4 Å². The van der Waals surface area contributed by atoms with Crippen LogP contribution in [0, 0.1) is 4.78 Å². The van der Waals surface area contributed by atoms with E-state index in [1.165, 1.54) is 6.26 Å². The minimum absolute atomic E-state index is 0.510. The van der Waals surface area contributed by atoms with Gasteiger partial charge < -0.3 is 0 Å². The van der Waals surface area contributed by atoms with Crippen molar-refractivity contribution in [3.63, 3.8) is 0 Å². The summed E-state index contributed by atoms with van der Waals surface area (Å²) in [6, 6.07) is 9.13. The molecule has 0 saturated heterocycles. The minimum atomic E-state index is -2.69. The molecule has 0 amide bonds. The van der Waals surface area contributed by atoms with Crippen LogP contribution in [0.25, 0.3) is 10.9 Å². The third-order valence-corrected chi connectivity index (χ3v) is 3.18. The molecule has 0 bridgehead atoms. The predicted molar refractivity (Wildman–Crippen MR) is 56.8 cm³/mol. The van der Waals surface area contributed by atoms with Gasteiger partial charge in [-0.3, -0.25) is 4.98 Å². The van der Waals surface area contributed by atoms with Crippen LogP contribution in [0.4, 0.5) is 0 Å². The van der Waals surface area contributed by atoms with Crippen molar-refractivity contribution in [1.82, 2.24) is 4.98 Å². The fourth-order valence-corrected chi connectivity index (χ4v) is 2.27. The molecule has 1 aromatic heterocycles. The van der Waals surface area contributed by atoms with Gasteiger partial charge in [-0.2, -0.15) is 0 Å². The van der Waals surface area contributed by atoms with E-state index in [1.807, 2.05) is 18.2 Å². The van der Waals surface area contributed by atoms with Gasteiger partial charge in [-0.25, -0.2) is 8.99 Å². The highest BCUT2D eigenvalue weighted by molar-refractivity contribution is 7.92. The first-order valence-corrected chi connectivity index (χ1v) is 6.13. The van der Waals surface area contributed by atoms with Crippen LogP contribution in [-0.2, 0) is 9.73 Å². The van der Waals surface area contributed by atoms with Crippen LogP contribution in [0.5, 0.6) is 0 Å². The molecule has 14 heavy (non-hydrogen) atoms. The fourth-order valence-electron chi connectivity index (χ4n) is 1.39. The quantitative estimate of drug-likeness (QED) is 0.778. The molecule has 1 N–H and O–H groups in total. The third-order valence-electron chi connectivity index (χ3n) is 2.02. The number of nitrogens with zero attached hydrogens (tertiary/aromatic N) is 1. The van der Waals surface area contributed by atoms with Crippen molar-refractivity contribution in [3.05, 3.63) is 36.5 Å². The van der Waals surface area contributed by atoms with Crippen molar-refractivity contribution in [3.8, 4) is 0 Å². The van der Waals surface area contributed by atoms with E-state index in [0.717, 1.165) is 5.39 Å². The third kappa shape index (κ3) is 1.48. The summed E-state index contributed by atoms with van der Waals surface area (Å²) in [6.45, 7) is 0. The molecule has 1 aromatic carbocycles. The Morgan fingerprint density at radius 1 is 1.29 bits per heavy atom. The second-order valence-electron chi connectivity index (χ2n) is 3.17. The summed E-state index contributed by atoms with van der Waals surface area (Å²) in [5.41, 5.74) is 0.664. The summed E-state index contributed by atoms with van der Waals surface area (Å²) in [7, 11) is -2.69. The van der Waals surface area contributed by atoms with Gasteiger partial charge in [0.1, 0.15) is 0 Å². The van der Waals surface area contributed by atoms with Gasteiger partial charge in [0.25, 0.3) is 0 Å². The zero-order valence-electron chi connectivity index (χ0n) is 7.73. The lowest BCUT2D eigenvalue weighted by Crippen LogP contribution is -1.96. The number of nitrogens with one attached hydrogen (secondary N) is 1. The number of fused-ring (bicyclic) bond motifs is 1. The SMILES string of the molecule is C[S@@](=N)(=O)c1cccc2cccnc12. The number of para-hydroxylation sites is 1. The minimum Gasteiger partial charge on any atom is -0.255 e. The van der Waals surface area contributed by atoms with Crippen molar-refractivity contribution in [2.75, 3.05) is 6.26 Å². The van der Waals surface area contributed by atoms with E-state index in [0.29, 0.717) is 10.4 Å². The molecule has 0 fully saturated rings. The lowest BCUT2D eigenvalue weighted by Gasteiger charge is -2.04. The molecule has 0 unspecified atom stereocenters. The second kappa shape index (κ2) is 3.06. The van der Waals surface area contributed by atoms with Gasteiger partial charge >= 0.3 is 0 Å². The predicted octanol–water partition coefficient (Wildman–Crippen LogP) is 2.27. The smallest absolute Gasteiger partial charge is 0.0871 e. The lowest BCUT2D eigenvalue weighted by molar-refractivity contribution is 0.679. The Hall–Kier alpha value is -1.42. The Balaban J connectivity index is 2.92. The zero-order valence-corrected chi connectivity index (χ0v) is 8.54. The van der Waals surface area contributed by atoms with Crippen molar-refractivity contribution in [2.24, 2.45) is 0 Å². The van der Waals surface area contributed by atoms with Gasteiger partial charge in [0.2, 0.25) is 0 Å². The molecule has 0 aliphatic carbocycles. The molecule has 0 spiro atoms. The van der Waals surface area contributed by atoms with Crippen LogP contribution in [0.15, 0.2) is 41.4 Å².